The number of likely N-dealkylation sites (tertiary alicyclic amines) is 1. The molecule has 2 nitrogen and oxygen atoms in total. The lowest BCUT2D eigenvalue weighted by molar-refractivity contribution is 0.0696. The Balaban J connectivity index is 1.53. The number of rotatable bonds is 3. The summed E-state index contributed by atoms with van der Waals surface area (Å²) in [5.74, 6) is 0.954. The predicted octanol–water partition coefficient (Wildman–Crippen LogP) is 3.90. The molecule has 1 aliphatic heterocycles. The fourth-order valence-electron chi connectivity index (χ4n) is 2.61. The fraction of sp³-hybridized carbons (Fsp3) is 0.400. The zero-order valence-corrected chi connectivity index (χ0v) is 12.4. The number of nitrogens with zero attached hydrogens (tertiary/aromatic N) is 1. The van der Waals surface area contributed by atoms with Crippen molar-refractivity contribution in [2.45, 2.75) is 19.3 Å². The molecular formula is C15H17NOS2. The third-order valence-corrected chi connectivity index (χ3v) is 5.46. The lowest BCUT2D eigenvalue weighted by atomic mass is 9.93. The van der Waals surface area contributed by atoms with E-state index in [1.165, 1.54) is 22.6 Å². The molecule has 3 rings (SSSR count). The smallest absolute Gasteiger partial charge is 0.263 e. The highest BCUT2D eigenvalue weighted by molar-refractivity contribution is 7.12. The Kier molecular flexibility index (Phi) is 3.99. The van der Waals surface area contributed by atoms with Crippen LogP contribution in [0.3, 0.4) is 0 Å². The number of carbonyl (C=O) groups excluding carboxylic acids is 1. The molecule has 1 fully saturated rings. The third-order valence-electron chi connectivity index (χ3n) is 3.70. The minimum absolute atomic E-state index is 0.213. The second-order valence-electron chi connectivity index (χ2n) is 5.00. The maximum absolute atomic E-state index is 12.2. The van der Waals surface area contributed by atoms with Crippen LogP contribution in [0.5, 0.6) is 0 Å². The molecule has 1 aliphatic rings. The molecule has 0 radical (unpaired) electrons. The molecule has 3 heterocycles. The van der Waals surface area contributed by atoms with Gasteiger partial charge in [-0.15, -0.1) is 22.7 Å². The van der Waals surface area contributed by atoms with Crippen molar-refractivity contribution >= 4 is 28.6 Å². The van der Waals surface area contributed by atoms with Crippen LogP contribution in [-0.2, 0) is 6.42 Å². The molecule has 0 unspecified atom stereocenters. The van der Waals surface area contributed by atoms with Crippen LogP contribution in [0.1, 0.15) is 27.4 Å². The highest BCUT2D eigenvalue weighted by atomic mass is 32.1. The van der Waals surface area contributed by atoms with Gasteiger partial charge < -0.3 is 4.90 Å². The Morgan fingerprint density at radius 2 is 1.89 bits per heavy atom. The van der Waals surface area contributed by atoms with Gasteiger partial charge in [0, 0.05) is 18.0 Å². The number of piperidine rings is 1. The van der Waals surface area contributed by atoms with E-state index in [9.17, 15) is 4.79 Å². The standard InChI is InChI=1S/C15H17NOS2/c17-15(14-4-2-10-19-14)16-7-5-12(6-8-16)11-13-3-1-9-18-13/h1-4,9-10,12H,5-8,11H2. The topological polar surface area (TPSA) is 20.3 Å². The number of hydrogen-bond donors (Lipinski definition) is 0. The van der Waals surface area contributed by atoms with Gasteiger partial charge in [0.2, 0.25) is 0 Å². The predicted molar refractivity (Wildman–Crippen MR) is 81.0 cm³/mol. The first-order chi connectivity index (χ1) is 9.33. The van der Waals surface area contributed by atoms with E-state index in [4.69, 9.17) is 0 Å². The Morgan fingerprint density at radius 1 is 1.16 bits per heavy atom. The van der Waals surface area contributed by atoms with Crippen molar-refractivity contribution in [1.82, 2.24) is 4.90 Å². The molecule has 0 aliphatic carbocycles. The third kappa shape index (κ3) is 3.07. The molecular weight excluding hydrogens is 274 g/mol. The van der Waals surface area contributed by atoms with E-state index in [0.29, 0.717) is 0 Å². The zero-order valence-electron chi connectivity index (χ0n) is 10.7. The lowest BCUT2D eigenvalue weighted by Crippen LogP contribution is -2.38. The highest BCUT2D eigenvalue weighted by Gasteiger charge is 2.24. The molecule has 0 spiro atoms. The van der Waals surface area contributed by atoms with Gasteiger partial charge in [-0.25, -0.2) is 0 Å². The number of thiophene rings is 2. The van der Waals surface area contributed by atoms with E-state index in [1.54, 1.807) is 0 Å². The summed E-state index contributed by atoms with van der Waals surface area (Å²) >= 11 is 3.38. The maximum Gasteiger partial charge on any atom is 0.263 e. The van der Waals surface area contributed by atoms with E-state index < -0.39 is 0 Å². The Morgan fingerprint density at radius 3 is 2.53 bits per heavy atom. The Hall–Kier alpha value is -1.13. The Labute approximate surface area is 121 Å². The number of hydrogen-bond acceptors (Lipinski definition) is 3. The van der Waals surface area contributed by atoms with E-state index >= 15 is 0 Å². The van der Waals surface area contributed by atoms with Crippen LogP contribution >= 0.6 is 22.7 Å². The number of carbonyl (C=O) groups is 1. The molecule has 1 amide bonds. The van der Waals surface area contributed by atoms with Gasteiger partial charge in [0.15, 0.2) is 0 Å². The van der Waals surface area contributed by atoms with Crippen LogP contribution in [0.4, 0.5) is 0 Å². The first kappa shape index (κ1) is 12.9. The second kappa shape index (κ2) is 5.88. The van der Waals surface area contributed by atoms with Gasteiger partial charge in [0.25, 0.3) is 5.91 Å². The molecule has 2 aromatic heterocycles. The fourth-order valence-corrected chi connectivity index (χ4v) is 4.12. The zero-order chi connectivity index (χ0) is 13.1. The maximum atomic E-state index is 12.2. The number of amides is 1. The van der Waals surface area contributed by atoms with E-state index in [1.807, 2.05) is 33.7 Å². The van der Waals surface area contributed by atoms with Crippen LogP contribution in [-0.4, -0.2) is 23.9 Å². The first-order valence-corrected chi connectivity index (χ1v) is 8.44. The monoisotopic (exact) mass is 291 g/mol. The van der Waals surface area contributed by atoms with Crippen LogP contribution in [0.15, 0.2) is 35.0 Å². The highest BCUT2D eigenvalue weighted by Crippen LogP contribution is 2.25. The van der Waals surface area contributed by atoms with Crippen molar-refractivity contribution in [3.63, 3.8) is 0 Å². The molecule has 19 heavy (non-hydrogen) atoms. The van der Waals surface area contributed by atoms with Crippen molar-refractivity contribution in [3.05, 3.63) is 44.8 Å². The summed E-state index contributed by atoms with van der Waals surface area (Å²) in [6, 6.07) is 8.20. The van der Waals surface area contributed by atoms with Gasteiger partial charge in [-0.2, -0.15) is 0 Å². The summed E-state index contributed by atoms with van der Waals surface area (Å²) < 4.78 is 0. The van der Waals surface area contributed by atoms with Gasteiger partial charge >= 0.3 is 0 Å². The SMILES string of the molecule is O=C(c1cccs1)N1CCC(Cc2cccs2)CC1. The summed E-state index contributed by atoms with van der Waals surface area (Å²) in [4.78, 5) is 16.6. The average Bonchev–Trinajstić information content (AvgIpc) is 3.12. The van der Waals surface area contributed by atoms with Gasteiger partial charge in [0.1, 0.15) is 0 Å². The van der Waals surface area contributed by atoms with Crippen molar-refractivity contribution in [1.29, 1.82) is 0 Å². The van der Waals surface area contributed by atoms with Crippen LogP contribution < -0.4 is 0 Å². The molecule has 0 saturated carbocycles. The molecule has 0 aromatic carbocycles. The minimum Gasteiger partial charge on any atom is -0.338 e. The van der Waals surface area contributed by atoms with Crippen molar-refractivity contribution < 1.29 is 4.79 Å². The summed E-state index contributed by atoms with van der Waals surface area (Å²) in [6.07, 6.45) is 3.45. The van der Waals surface area contributed by atoms with E-state index in [0.717, 1.165) is 36.7 Å². The molecule has 100 valence electrons. The minimum atomic E-state index is 0.213. The van der Waals surface area contributed by atoms with Gasteiger partial charge in [-0.3, -0.25) is 4.79 Å². The van der Waals surface area contributed by atoms with Crippen molar-refractivity contribution in [3.8, 4) is 0 Å². The summed E-state index contributed by atoms with van der Waals surface area (Å²) in [7, 11) is 0. The summed E-state index contributed by atoms with van der Waals surface area (Å²) in [6.45, 7) is 1.82. The lowest BCUT2D eigenvalue weighted by Gasteiger charge is -2.31. The van der Waals surface area contributed by atoms with E-state index in [-0.39, 0.29) is 5.91 Å². The van der Waals surface area contributed by atoms with Crippen LogP contribution in [0, 0.1) is 5.92 Å². The van der Waals surface area contributed by atoms with Gasteiger partial charge in [0.05, 0.1) is 4.88 Å². The quantitative estimate of drug-likeness (QED) is 0.839. The average molecular weight is 291 g/mol. The Bertz CT molecular complexity index is 510. The summed E-state index contributed by atoms with van der Waals surface area (Å²) in [5.41, 5.74) is 0. The molecule has 0 N–H and O–H groups in total. The molecule has 2 aromatic rings. The second-order valence-corrected chi connectivity index (χ2v) is 6.98. The molecule has 0 bridgehead atoms. The molecule has 4 heteroatoms. The van der Waals surface area contributed by atoms with E-state index in [2.05, 4.69) is 17.5 Å². The van der Waals surface area contributed by atoms with Crippen LogP contribution in [0.25, 0.3) is 0 Å². The van der Waals surface area contributed by atoms with Crippen LogP contribution in [0.2, 0.25) is 0 Å². The molecule has 1 saturated heterocycles. The first-order valence-electron chi connectivity index (χ1n) is 6.68. The van der Waals surface area contributed by atoms with Crippen molar-refractivity contribution in [2.24, 2.45) is 5.92 Å². The van der Waals surface area contributed by atoms with Crippen molar-refractivity contribution in [2.75, 3.05) is 13.1 Å². The summed E-state index contributed by atoms with van der Waals surface area (Å²) in [5, 5.41) is 4.11. The molecule has 0 atom stereocenters. The van der Waals surface area contributed by atoms with Gasteiger partial charge in [-0.05, 0) is 48.1 Å². The largest absolute Gasteiger partial charge is 0.338 e. The normalized spacial score (nSPS) is 16.7. The van der Waals surface area contributed by atoms with Gasteiger partial charge in [-0.1, -0.05) is 12.1 Å².